The number of hydrogen-bond acceptors (Lipinski definition) is 3. The van der Waals surface area contributed by atoms with Crippen molar-refractivity contribution in [2.75, 3.05) is 6.54 Å². The van der Waals surface area contributed by atoms with E-state index in [-0.39, 0.29) is 37.2 Å². The third-order valence-electron chi connectivity index (χ3n) is 6.12. The summed E-state index contributed by atoms with van der Waals surface area (Å²) in [4.78, 5) is 28.4. The maximum absolute atomic E-state index is 13.7. The predicted molar refractivity (Wildman–Crippen MR) is 125 cm³/mol. The first-order chi connectivity index (χ1) is 16.6. The zero-order valence-electron chi connectivity index (χ0n) is 19.0. The lowest BCUT2D eigenvalue weighted by Crippen LogP contribution is -2.40. The van der Waals surface area contributed by atoms with Gasteiger partial charge in [0.15, 0.2) is 0 Å². The average Bonchev–Trinajstić information content (AvgIpc) is 3.29. The van der Waals surface area contributed by atoms with Crippen LogP contribution >= 0.6 is 11.3 Å². The van der Waals surface area contributed by atoms with Crippen molar-refractivity contribution in [1.82, 2.24) is 10.2 Å². The molecule has 0 radical (unpaired) electrons. The lowest BCUT2D eigenvalue weighted by atomic mass is 9.90. The first-order valence-corrected chi connectivity index (χ1v) is 12.1. The monoisotopic (exact) mass is 504 g/mol. The molecule has 4 nitrogen and oxygen atoms in total. The summed E-state index contributed by atoms with van der Waals surface area (Å²) in [6.45, 7) is 2.24. The van der Waals surface area contributed by atoms with Gasteiger partial charge >= 0.3 is 6.18 Å². The van der Waals surface area contributed by atoms with Crippen molar-refractivity contribution >= 4 is 23.2 Å². The molecule has 0 spiro atoms. The van der Waals surface area contributed by atoms with E-state index in [1.165, 1.54) is 29.1 Å². The molecule has 2 aromatic carbocycles. The summed E-state index contributed by atoms with van der Waals surface area (Å²) in [6, 6.07) is 10.9. The van der Waals surface area contributed by atoms with Crippen LogP contribution in [0.1, 0.15) is 51.6 Å². The van der Waals surface area contributed by atoms with Crippen molar-refractivity contribution < 1.29 is 27.2 Å². The molecule has 1 N–H and O–H groups in total. The van der Waals surface area contributed by atoms with Crippen molar-refractivity contribution in [2.24, 2.45) is 0 Å². The molecule has 4 rings (SSSR count). The normalized spacial score (nSPS) is 15.6. The highest BCUT2D eigenvalue weighted by atomic mass is 32.1. The van der Waals surface area contributed by atoms with Gasteiger partial charge in [-0.25, -0.2) is 4.39 Å². The fourth-order valence-electron chi connectivity index (χ4n) is 4.38. The van der Waals surface area contributed by atoms with Gasteiger partial charge in [0.1, 0.15) is 5.82 Å². The second-order valence-electron chi connectivity index (χ2n) is 8.51. The van der Waals surface area contributed by atoms with Gasteiger partial charge in [0, 0.05) is 30.8 Å². The maximum atomic E-state index is 13.7. The van der Waals surface area contributed by atoms with E-state index in [1.807, 2.05) is 18.4 Å². The Balaban J connectivity index is 1.41. The van der Waals surface area contributed by atoms with E-state index in [2.05, 4.69) is 5.32 Å². The zero-order valence-corrected chi connectivity index (χ0v) is 19.8. The van der Waals surface area contributed by atoms with Crippen LogP contribution in [0.15, 0.2) is 53.9 Å². The van der Waals surface area contributed by atoms with Crippen molar-refractivity contribution in [3.63, 3.8) is 0 Å². The number of rotatable bonds is 6. The highest BCUT2D eigenvalue weighted by Crippen LogP contribution is 2.39. The van der Waals surface area contributed by atoms with Crippen LogP contribution in [0.25, 0.3) is 0 Å². The Morgan fingerprint density at radius 1 is 1.09 bits per heavy atom. The topological polar surface area (TPSA) is 49.4 Å². The van der Waals surface area contributed by atoms with E-state index in [0.717, 1.165) is 28.8 Å². The Kier molecular flexibility index (Phi) is 7.25. The summed E-state index contributed by atoms with van der Waals surface area (Å²) in [5.41, 5.74) is 2.14. The van der Waals surface area contributed by atoms with Gasteiger partial charge in [-0.05, 0) is 71.3 Å². The molecule has 35 heavy (non-hydrogen) atoms. The van der Waals surface area contributed by atoms with E-state index in [9.17, 15) is 27.2 Å². The average molecular weight is 505 g/mol. The van der Waals surface area contributed by atoms with Gasteiger partial charge in [0.25, 0.3) is 0 Å². The molecule has 184 valence electrons. The number of thiophene rings is 1. The standard InChI is InChI=1S/C26H24F4N2O2S/c1-16-13-19(27)5-6-20(16)25-21-10-12-35-22(21)9-11-32(25)24(34)8-7-23(33)31-15-17-3-2-4-18(14-17)26(28,29)30/h2-6,10,12-14,25H,7-9,11,15H2,1H3,(H,31,33). The van der Waals surface area contributed by atoms with Crippen LogP contribution in [-0.2, 0) is 28.7 Å². The number of fused-ring (bicyclic) bond motifs is 1. The number of aryl methyl sites for hydroxylation is 1. The number of carbonyl (C=O) groups excluding carboxylic acids is 2. The first-order valence-electron chi connectivity index (χ1n) is 11.2. The van der Waals surface area contributed by atoms with Crippen LogP contribution in [-0.4, -0.2) is 23.3 Å². The molecule has 1 atom stereocenters. The number of carbonyl (C=O) groups is 2. The second kappa shape index (κ2) is 10.2. The molecule has 2 amide bonds. The van der Waals surface area contributed by atoms with E-state index in [4.69, 9.17) is 0 Å². The summed E-state index contributed by atoms with van der Waals surface area (Å²) in [5, 5.41) is 4.57. The number of amides is 2. The molecule has 1 aromatic heterocycles. The summed E-state index contributed by atoms with van der Waals surface area (Å²) in [5.74, 6) is -0.966. The van der Waals surface area contributed by atoms with E-state index in [0.29, 0.717) is 18.5 Å². The highest BCUT2D eigenvalue weighted by molar-refractivity contribution is 7.10. The molecular formula is C26H24F4N2O2S. The number of alkyl halides is 3. The Morgan fingerprint density at radius 2 is 1.89 bits per heavy atom. The number of hydrogen-bond donors (Lipinski definition) is 1. The molecule has 1 aliphatic heterocycles. The minimum Gasteiger partial charge on any atom is -0.352 e. The van der Waals surface area contributed by atoms with Gasteiger partial charge in [0.2, 0.25) is 11.8 Å². The number of halogens is 4. The van der Waals surface area contributed by atoms with E-state index in [1.54, 1.807) is 22.3 Å². The van der Waals surface area contributed by atoms with Crippen molar-refractivity contribution in [3.8, 4) is 0 Å². The summed E-state index contributed by atoms with van der Waals surface area (Å²) in [6.07, 6.45) is -3.87. The van der Waals surface area contributed by atoms with E-state index < -0.39 is 17.6 Å². The zero-order chi connectivity index (χ0) is 25.2. The summed E-state index contributed by atoms with van der Waals surface area (Å²) >= 11 is 1.63. The molecule has 0 aliphatic carbocycles. The first kappa shape index (κ1) is 24.9. The summed E-state index contributed by atoms with van der Waals surface area (Å²) < 4.78 is 52.3. The van der Waals surface area contributed by atoms with Crippen LogP contribution in [0.4, 0.5) is 17.6 Å². The molecule has 1 unspecified atom stereocenters. The Labute approximate surface area is 204 Å². The lowest BCUT2D eigenvalue weighted by molar-refractivity contribution is -0.137. The maximum Gasteiger partial charge on any atom is 0.416 e. The number of nitrogens with zero attached hydrogens (tertiary/aromatic N) is 1. The quantitative estimate of drug-likeness (QED) is 0.433. The van der Waals surface area contributed by atoms with Gasteiger partial charge in [-0.1, -0.05) is 18.2 Å². The fraction of sp³-hybridized carbons (Fsp3) is 0.308. The Bertz CT molecular complexity index is 1240. The van der Waals surface area contributed by atoms with Crippen LogP contribution < -0.4 is 5.32 Å². The minimum atomic E-state index is -4.46. The van der Waals surface area contributed by atoms with Gasteiger partial charge in [-0.3, -0.25) is 9.59 Å². The van der Waals surface area contributed by atoms with E-state index >= 15 is 0 Å². The Morgan fingerprint density at radius 3 is 2.63 bits per heavy atom. The van der Waals surface area contributed by atoms with Gasteiger partial charge < -0.3 is 10.2 Å². The van der Waals surface area contributed by atoms with Gasteiger partial charge in [-0.2, -0.15) is 13.2 Å². The van der Waals surface area contributed by atoms with Gasteiger partial charge in [0.05, 0.1) is 11.6 Å². The molecule has 0 bridgehead atoms. The number of nitrogens with one attached hydrogen (secondary N) is 1. The largest absolute Gasteiger partial charge is 0.416 e. The van der Waals surface area contributed by atoms with Crippen LogP contribution in [0.2, 0.25) is 0 Å². The molecule has 0 saturated carbocycles. The molecule has 2 heterocycles. The SMILES string of the molecule is Cc1cc(F)ccc1C1c2ccsc2CCN1C(=O)CCC(=O)NCc1cccc(C(F)(F)F)c1. The van der Waals surface area contributed by atoms with Gasteiger partial charge in [-0.15, -0.1) is 11.3 Å². The third kappa shape index (κ3) is 5.73. The van der Waals surface area contributed by atoms with Crippen LogP contribution in [0.5, 0.6) is 0 Å². The smallest absolute Gasteiger partial charge is 0.352 e. The molecule has 9 heteroatoms. The molecule has 1 aliphatic rings. The third-order valence-corrected chi connectivity index (χ3v) is 7.12. The van der Waals surface area contributed by atoms with Crippen LogP contribution in [0.3, 0.4) is 0 Å². The molecule has 3 aromatic rings. The summed E-state index contributed by atoms with van der Waals surface area (Å²) in [7, 11) is 0. The minimum absolute atomic E-state index is 0.0371. The second-order valence-corrected chi connectivity index (χ2v) is 9.52. The van der Waals surface area contributed by atoms with Crippen LogP contribution in [0, 0.1) is 12.7 Å². The van der Waals surface area contributed by atoms with Crippen molar-refractivity contribution in [1.29, 1.82) is 0 Å². The molecular weight excluding hydrogens is 480 g/mol. The van der Waals surface area contributed by atoms with Crippen molar-refractivity contribution in [2.45, 2.75) is 44.9 Å². The number of benzene rings is 2. The Hall–Kier alpha value is -3.20. The predicted octanol–water partition coefficient (Wildman–Crippen LogP) is 5.79. The highest BCUT2D eigenvalue weighted by Gasteiger charge is 2.34. The van der Waals surface area contributed by atoms with Crippen molar-refractivity contribution in [3.05, 3.63) is 92.4 Å². The molecule has 0 fully saturated rings. The fourth-order valence-corrected chi connectivity index (χ4v) is 5.28. The molecule has 0 saturated heterocycles. The lowest BCUT2D eigenvalue weighted by Gasteiger charge is -2.37.